The van der Waals surface area contributed by atoms with Crippen molar-refractivity contribution in [2.45, 2.75) is 24.4 Å². The number of rotatable bonds is 2. The molecule has 2 aliphatic heterocycles. The van der Waals surface area contributed by atoms with E-state index in [9.17, 15) is 10.2 Å². The highest BCUT2D eigenvalue weighted by molar-refractivity contribution is 5.81. The van der Waals surface area contributed by atoms with E-state index in [4.69, 9.17) is 15.6 Å². The summed E-state index contributed by atoms with van der Waals surface area (Å²) < 4.78 is 6.89. The van der Waals surface area contributed by atoms with Crippen LogP contribution in [0.3, 0.4) is 0 Å². The predicted octanol–water partition coefficient (Wildman–Crippen LogP) is -2.07. The lowest BCUT2D eigenvalue weighted by Crippen LogP contribution is -2.35. The van der Waals surface area contributed by atoms with Crippen molar-refractivity contribution in [2.75, 3.05) is 12.3 Å². The Morgan fingerprint density at radius 1 is 1.35 bits per heavy atom. The number of hydrogen-bond acceptors (Lipinski definition) is 8. The Kier molecular flexibility index (Phi) is 3.18. The lowest BCUT2D eigenvalue weighted by molar-refractivity contribution is -0.294. The normalized spacial score (nSPS) is 33.9. The molecule has 1 saturated heterocycles. The molecular formula is C11H14N5O4+. The lowest BCUT2D eigenvalue weighted by atomic mass is 10.1. The Labute approximate surface area is 113 Å². The molecule has 4 atom stereocenters. The average molecular weight is 280 g/mol. The van der Waals surface area contributed by atoms with Crippen LogP contribution in [0.1, 0.15) is 0 Å². The zero-order valence-electron chi connectivity index (χ0n) is 10.4. The van der Waals surface area contributed by atoms with Gasteiger partial charge in [0.05, 0.1) is 12.8 Å². The smallest absolute Gasteiger partial charge is 0.315 e. The Morgan fingerprint density at radius 2 is 2.15 bits per heavy atom. The maximum Gasteiger partial charge on any atom is 0.315 e. The Bertz CT molecular complexity index is 590. The fourth-order valence-corrected chi connectivity index (χ4v) is 2.19. The van der Waals surface area contributed by atoms with Gasteiger partial charge in [0.25, 0.3) is 5.69 Å². The molecule has 20 heavy (non-hydrogen) atoms. The number of hydrogen-bond donors (Lipinski definition) is 4. The van der Waals surface area contributed by atoms with Crippen molar-refractivity contribution in [3.63, 3.8) is 0 Å². The second kappa shape index (κ2) is 4.87. The minimum Gasteiger partial charge on any atom is -0.394 e. The fraction of sp³-hybridized carbons (Fsp3) is 0.455. The first-order chi connectivity index (χ1) is 9.61. The molecular weight excluding hydrogens is 266 g/mol. The van der Waals surface area contributed by atoms with Crippen molar-refractivity contribution in [3.8, 4) is 0 Å². The van der Waals surface area contributed by atoms with Crippen LogP contribution in [0.5, 0.6) is 0 Å². The molecule has 5 N–H and O–H groups in total. The highest BCUT2D eigenvalue weighted by atomic mass is 16.6. The van der Waals surface area contributed by atoms with Crippen molar-refractivity contribution in [1.29, 1.82) is 0 Å². The SMILES string of the molecule is Nc1ncnc2c1N=C[N+]2=CC1O[C@H](CO)[C@@H](O)[C@H]1O. The maximum atomic E-state index is 9.88. The summed E-state index contributed by atoms with van der Waals surface area (Å²) in [5.41, 5.74) is 6.12. The number of fused-ring (bicyclic) bond motifs is 1. The van der Waals surface area contributed by atoms with E-state index in [1.807, 2.05) is 0 Å². The van der Waals surface area contributed by atoms with Gasteiger partial charge in [0.2, 0.25) is 6.34 Å². The molecule has 0 bridgehead atoms. The standard InChI is InChI=1S/C11H14N5O4/c12-10-7-11(14-3-13-10)16(4-15-7)1-5-8(18)9(19)6(2-17)20-5/h1,3-6,8-9,17-19H,2H2,(H2,12,13,14)/q+1/t5?,6-,8+,9-/m1/s1. The highest BCUT2D eigenvalue weighted by Gasteiger charge is 2.42. The van der Waals surface area contributed by atoms with Crippen LogP contribution < -0.4 is 5.73 Å². The first-order valence-corrected chi connectivity index (χ1v) is 6.02. The van der Waals surface area contributed by atoms with Gasteiger partial charge < -0.3 is 25.8 Å². The van der Waals surface area contributed by atoms with Gasteiger partial charge in [-0.1, -0.05) is 9.98 Å². The molecule has 1 unspecified atom stereocenters. The quantitative estimate of drug-likeness (QED) is 0.456. The Hall–Kier alpha value is -1.94. The Morgan fingerprint density at radius 3 is 2.85 bits per heavy atom. The van der Waals surface area contributed by atoms with Crippen LogP contribution in [-0.4, -0.2) is 73.4 Å². The van der Waals surface area contributed by atoms with Crippen molar-refractivity contribution in [3.05, 3.63) is 6.33 Å². The maximum absolute atomic E-state index is 9.88. The molecule has 0 spiro atoms. The van der Waals surface area contributed by atoms with Gasteiger partial charge in [0.1, 0.15) is 24.4 Å². The van der Waals surface area contributed by atoms with E-state index in [1.165, 1.54) is 23.5 Å². The number of nitrogens with zero attached hydrogens (tertiary/aromatic N) is 4. The zero-order valence-corrected chi connectivity index (χ0v) is 10.4. The summed E-state index contributed by atoms with van der Waals surface area (Å²) in [5, 5.41) is 28.6. The van der Waals surface area contributed by atoms with Gasteiger partial charge in [-0.15, -0.1) is 0 Å². The number of aromatic nitrogens is 2. The molecule has 0 aromatic carbocycles. The van der Waals surface area contributed by atoms with E-state index in [0.29, 0.717) is 11.5 Å². The Balaban J connectivity index is 1.89. The summed E-state index contributed by atoms with van der Waals surface area (Å²) in [5.74, 6) is 0.721. The van der Waals surface area contributed by atoms with Gasteiger partial charge in [0.15, 0.2) is 12.1 Å². The molecule has 0 amide bonds. The van der Waals surface area contributed by atoms with Crippen LogP contribution >= 0.6 is 0 Å². The van der Waals surface area contributed by atoms with E-state index in [2.05, 4.69) is 15.0 Å². The average Bonchev–Trinajstić information content (AvgIpc) is 2.97. The van der Waals surface area contributed by atoms with Gasteiger partial charge in [-0.05, 0) is 0 Å². The lowest BCUT2D eigenvalue weighted by Gasteiger charge is -2.10. The molecule has 0 radical (unpaired) electrons. The first kappa shape index (κ1) is 13.1. The largest absolute Gasteiger partial charge is 0.394 e. The van der Waals surface area contributed by atoms with Gasteiger partial charge in [-0.25, -0.2) is 4.58 Å². The highest BCUT2D eigenvalue weighted by Crippen LogP contribution is 2.33. The summed E-state index contributed by atoms with van der Waals surface area (Å²) in [4.78, 5) is 12.0. The number of aliphatic hydroxyl groups excluding tert-OH is 3. The number of aliphatic imine (C=N–C) groups is 1. The summed E-state index contributed by atoms with van der Waals surface area (Å²) in [6.07, 6.45) is 0.410. The molecule has 3 rings (SSSR count). The number of aliphatic hydroxyl groups is 3. The number of nitrogen functional groups attached to an aromatic ring is 1. The molecule has 1 aromatic heterocycles. The van der Waals surface area contributed by atoms with Gasteiger partial charge in [-0.2, -0.15) is 4.98 Å². The van der Waals surface area contributed by atoms with E-state index in [1.54, 1.807) is 0 Å². The molecule has 3 heterocycles. The summed E-state index contributed by atoms with van der Waals surface area (Å²) in [7, 11) is 0. The molecule has 1 fully saturated rings. The summed E-state index contributed by atoms with van der Waals surface area (Å²) in [6, 6.07) is 0. The van der Waals surface area contributed by atoms with Gasteiger partial charge in [-0.3, -0.25) is 0 Å². The molecule has 0 saturated carbocycles. The molecule has 9 nitrogen and oxygen atoms in total. The third kappa shape index (κ3) is 1.96. The first-order valence-electron chi connectivity index (χ1n) is 6.02. The van der Waals surface area contributed by atoms with Crippen LogP contribution in [0.2, 0.25) is 0 Å². The van der Waals surface area contributed by atoms with Crippen LogP contribution in [-0.2, 0) is 4.74 Å². The van der Waals surface area contributed by atoms with Crippen molar-refractivity contribution in [1.82, 2.24) is 9.97 Å². The molecule has 2 aliphatic rings. The van der Waals surface area contributed by atoms with Crippen molar-refractivity contribution >= 4 is 29.9 Å². The number of anilines is 1. The predicted molar refractivity (Wildman–Crippen MR) is 68.3 cm³/mol. The topological polar surface area (TPSA) is 137 Å². The zero-order chi connectivity index (χ0) is 14.3. The number of nitrogens with two attached hydrogens (primary N) is 1. The van der Waals surface area contributed by atoms with Gasteiger partial charge in [0, 0.05) is 0 Å². The summed E-state index contributed by atoms with van der Waals surface area (Å²) >= 11 is 0. The molecule has 1 aromatic rings. The van der Waals surface area contributed by atoms with E-state index >= 15 is 0 Å². The fourth-order valence-electron chi connectivity index (χ4n) is 2.19. The molecule has 106 valence electrons. The van der Waals surface area contributed by atoms with E-state index in [-0.39, 0.29) is 12.4 Å². The second-order valence-corrected chi connectivity index (χ2v) is 4.53. The van der Waals surface area contributed by atoms with E-state index < -0.39 is 24.4 Å². The third-order valence-corrected chi connectivity index (χ3v) is 3.27. The third-order valence-electron chi connectivity index (χ3n) is 3.27. The second-order valence-electron chi connectivity index (χ2n) is 4.53. The van der Waals surface area contributed by atoms with Crippen LogP contribution in [0.4, 0.5) is 17.3 Å². The van der Waals surface area contributed by atoms with Crippen LogP contribution in [0, 0.1) is 0 Å². The van der Waals surface area contributed by atoms with Crippen molar-refractivity contribution in [2.24, 2.45) is 4.99 Å². The molecule has 0 aliphatic carbocycles. The summed E-state index contributed by atoms with van der Waals surface area (Å²) in [6.45, 7) is -0.373. The molecule has 9 heteroatoms. The van der Waals surface area contributed by atoms with Gasteiger partial charge >= 0.3 is 5.82 Å². The van der Waals surface area contributed by atoms with Crippen LogP contribution in [0.15, 0.2) is 11.3 Å². The number of ether oxygens (including phenoxy) is 1. The van der Waals surface area contributed by atoms with Crippen molar-refractivity contribution < 1.29 is 24.6 Å². The monoisotopic (exact) mass is 280 g/mol. The minimum absolute atomic E-state index is 0.253. The van der Waals surface area contributed by atoms with E-state index in [0.717, 1.165) is 0 Å². The van der Waals surface area contributed by atoms with Crippen LogP contribution in [0.25, 0.3) is 0 Å². The minimum atomic E-state index is -1.14.